The SMILES string of the molecule is CO[Si](CCCNC(=O)c1nnc(C(=O)Nc2ccccc2)nn1)(OC)OC. The van der Waals surface area contributed by atoms with Gasteiger partial charge in [-0.05, 0) is 18.6 Å². The summed E-state index contributed by atoms with van der Waals surface area (Å²) in [6, 6.07) is 9.35. The van der Waals surface area contributed by atoms with Crippen LogP contribution in [-0.4, -0.2) is 68.9 Å². The molecule has 2 N–H and O–H groups in total. The molecule has 0 spiro atoms. The molecule has 1 heterocycles. The van der Waals surface area contributed by atoms with Gasteiger partial charge in [-0.3, -0.25) is 9.59 Å². The first-order valence-corrected chi connectivity index (χ1v) is 10.3. The molecule has 0 fully saturated rings. The Balaban J connectivity index is 1.84. The van der Waals surface area contributed by atoms with Gasteiger partial charge in [-0.15, -0.1) is 20.4 Å². The third kappa shape index (κ3) is 5.85. The lowest BCUT2D eigenvalue weighted by atomic mass is 10.3. The van der Waals surface area contributed by atoms with Crippen molar-refractivity contribution in [3.63, 3.8) is 0 Å². The molecule has 0 saturated carbocycles. The molecule has 0 radical (unpaired) electrons. The molecule has 0 bridgehead atoms. The number of anilines is 1. The first kappa shape index (κ1) is 21.5. The smallest absolute Gasteiger partial charge is 0.377 e. The monoisotopic (exact) mass is 406 g/mol. The first-order valence-electron chi connectivity index (χ1n) is 8.41. The number of hydrogen-bond donors (Lipinski definition) is 2. The summed E-state index contributed by atoms with van der Waals surface area (Å²) in [7, 11) is 1.91. The molecule has 2 amide bonds. The Bertz CT molecular complexity index is 765. The minimum Gasteiger partial charge on any atom is -0.377 e. The van der Waals surface area contributed by atoms with Crippen LogP contribution in [0.3, 0.4) is 0 Å². The number of carbonyl (C=O) groups is 2. The van der Waals surface area contributed by atoms with E-state index in [1.165, 1.54) is 21.3 Å². The second kappa shape index (κ2) is 10.5. The van der Waals surface area contributed by atoms with E-state index in [4.69, 9.17) is 13.3 Å². The van der Waals surface area contributed by atoms with Crippen LogP contribution < -0.4 is 10.6 Å². The Morgan fingerprint density at radius 1 is 0.893 bits per heavy atom. The lowest BCUT2D eigenvalue weighted by molar-refractivity contribution is 0.0932. The lowest BCUT2D eigenvalue weighted by Gasteiger charge is -2.24. The van der Waals surface area contributed by atoms with Crippen LogP contribution in [-0.2, 0) is 13.3 Å². The molecular formula is C16H22N6O5Si. The van der Waals surface area contributed by atoms with E-state index < -0.39 is 20.6 Å². The highest BCUT2D eigenvalue weighted by Crippen LogP contribution is 2.14. The van der Waals surface area contributed by atoms with E-state index in [9.17, 15) is 9.59 Å². The number of carbonyl (C=O) groups excluding carboxylic acids is 2. The van der Waals surface area contributed by atoms with Crippen molar-refractivity contribution in [1.29, 1.82) is 0 Å². The average Bonchev–Trinajstić information content (AvgIpc) is 2.75. The van der Waals surface area contributed by atoms with E-state index in [0.29, 0.717) is 24.7 Å². The van der Waals surface area contributed by atoms with Crippen LogP contribution in [0.1, 0.15) is 27.7 Å². The maximum atomic E-state index is 12.1. The largest absolute Gasteiger partial charge is 0.500 e. The van der Waals surface area contributed by atoms with Crippen molar-refractivity contribution in [3.8, 4) is 0 Å². The summed E-state index contributed by atoms with van der Waals surface area (Å²) < 4.78 is 15.9. The van der Waals surface area contributed by atoms with Gasteiger partial charge in [0, 0.05) is 39.6 Å². The molecule has 12 heteroatoms. The first-order chi connectivity index (χ1) is 13.5. The highest BCUT2D eigenvalue weighted by Gasteiger charge is 2.36. The maximum Gasteiger partial charge on any atom is 0.500 e. The Hall–Kier alpha value is -2.80. The van der Waals surface area contributed by atoms with Crippen LogP contribution in [0.4, 0.5) is 5.69 Å². The summed E-state index contributed by atoms with van der Waals surface area (Å²) >= 11 is 0. The van der Waals surface area contributed by atoms with Gasteiger partial charge in [0.1, 0.15) is 0 Å². The molecule has 0 atom stereocenters. The fourth-order valence-corrected chi connectivity index (χ4v) is 3.98. The quantitative estimate of drug-likeness (QED) is 0.427. The van der Waals surface area contributed by atoms with Crippen LogP contribution in [0.2, 0.25) is 6.04 Å². The number of amides is 2. The standard InChI is InChI=1S/C16H22N6O5Si/c1-25-28(26-2,27-3)11-7-10-17-15(23)13-19-21-14(22-20-13)16(24)18-12-8-5-4-6-9-12/h4-6,8-9H,7,10-11H2,1-3H3,(H,17,23)(H,18,24). The van der Waals surface area contributed by atoms with Crippen molar-refractivity contribution < 1.29 is 22.9 Å². The van der Waals surface area contributed by atoms with Crippen molar-refractivity contribution in [1.82, 2.24) is 25.7 Å². The molecule has 2 rings (SSSR count). The number of benzene rings is 1. The third-order valence-electron chi connectivity index (χ3n) is 3.80. The topological polar surface area (TPSA) is 137 Å². The average molecular weight is 406 g/mol. The van der Waals surface area contributed by atoms with Crippen LogP contribution >= 0.6 is 0 Å². The highest BCUT2D eigenvalue weighted by molar-refractivity contribution is 6.60. The summed E-state index contributed by atoms with van der Waals surface area (Å²) in [5.41, 5.74) is 0.584. The molecule has 2 aromatic rings. The third-order valence-corrected chi connectivity index (χ3v) is 6.63. The van der Waals surface area contributed by atoms with E-state index in [-0.39, 0.29) is 11.6 Å². The van der Waals surface area contributed by atoms with Crippen molar-refractivity contribution in [2.75, 3.05) is 33.2 Å². The second-order valence-corrected chi connectivity index (χ2v) is 8.61. The van der Waals surface area contributed by atoms with Crippen molar-refractivity contribution in [3.05, 3.63) is 42.0 Å². The fourth-order valence-electron chi connectivity index (χ4n) is 2.26. The van der Waals surface area contributed by atoms with Crippen LogP contribution in [0.15, 0.2) is 30.3 Å². The number of para-hydroxylation sites is 1. The Morgan fingerprint density at radius 3 is 1.96 bits per heavy atom. The summed E-state index contributed by atoms with van der Waals surface area (Å²) in [4.78, 5) is 24.1. The van der Waals surface area contributed by atoms with Gasteiger partial charge in [0.25, 0.3) is 23.5 Å². The maximum absolute atomic E-state index is 12.1. The van der Waals surface area contributed by atoms with Gasteiger partial charge >= 0.3 is 8.80 Å². The zero-order valence-electron chi connectivity index (χ0n) is 15.8. The molecule has 150 valence electrons. The molecule has 1 aromatic heterocycles. The zero-order chi connectivity index (χ0) is 20.4. The molecule has 0 aliphatic rings. The minimum absolute atomic E-state index is 0.231. The minimum atomic E-state index is -2.67. The van der Waals surface area contributed by atoms with E-state index in [1.807, 2.05) is 6.07 Å². The van der Waals surface area contributed by atoms with Gasteiger partial charge in [0.2, 0.25) is 0 Å². The Morgan fingerprint density at radius 2 is 1.43 bits per heavy atom. The van der Waals surface area contributed by atoms with Crippen LogP contribution in [0.5, 0.6) is 0 Å². The van der Waals surface area contributed by atoms with E-state index >= 15 is 0 Å². The number of aromatic nitrogens is 4. The lowest BCUT2D eigenvalue weighted by Crippen LogP contribution is -2.43. The molecule has 28 heavy (non-hydrogen) atoms. The van der Waals surface area contributed by atoms with Gasteiger partial charge in [-0.25, -0.2) is 0 Å². The summed E-state index contributed by atoms with van der Waals surface area (Å²) in [6.45, 7) is 0.337. The Labute approximate surface area is 163 Å². The summed E-state index contributed by atoms with van der Waals surface area (Å²) in [5, 5.41) is 19.9. The van der Waals surface area contributed by atoms with Gasteiger partial charge in [0.05, 0.1) is 0 Å². The predicted molar refractivity (Wildman–Crippen MR) is 101 cm³/mol. The summed E-state index contributed by atoms with van der Waals surface area (Å²) in [5.74, 6) is -1.59. The van der Waals surface area contributed by atoms with Crippen molar-refractivity contribution in [2.45, 2.75) is 12.5 Å². The van der Waals surface area contributed by atoms with Gasteiger partial charge in [-0.2, -0.15) is 0 Å². The van der Waals surface area contributed by atoms with Gasteiger partial charge < -0.3 is 23.9 Å². The van der Waals surface area contributed by atoms with E-state index in [0.717, 1.165) is 0 Å². The normalized spacial score (nSPS) is 11.1. The van der Waals surface area contributed by atoms with Crippen molar-refractivity contribution in [2.24, 2.45) is 0 Å². The number of nitrogens with one attached hydrogen (secondary N) is 2. The molecule has 0 saturated heterocycles. The van der Waals surface area contributed by atoms with Crippen LogP contribution in [0.25, 0.3) is 0 Å². The molecule has 0 aliphatic heterocycles. The molecule has 0 aliphatic carbocycles. The predicted octanol–water partition coefficient (Wildman–Crippen LogP) is 0.517. The molecular weight excluding hydrogens is 384 g/mol. The molecule has 0 unspecified atom stereocenters. The molecule has 1 aromatic carbocycles. The Kier molecular flexibility index (Phi) is 8.07. The number of nitrogens with zero attached hydrogens (tertiary/aromatic N) is 4. The van der Waals surface area contributed by atoms with E-state index in [2.05, 4.69) is 31.0 Å². The van der Waals surface area contributed by atoms with E-state index in [1.54, 1.807) is 24.3 Å². The second-order valence-electron chi connectivity index (χ2n) is 5.52. The number of rotatable bonds is 10. The fraction of sp³-hybridized carbons (Fsp3) is 0.375. The summed E-state index contributed by atoms with van der Waals surface area (Å²) in [6.07, 6.45) is 0.575. The zero-order valence-corrected chi connectivity index (χ0v) is 16.8. The highest BCUT2D eigenvalue weighted by atomic mass is 28.4. The van der Waals surface area contributed by atoms with Gasteiger partial charge in [-0.1, -0.05) is 18.2 Å². The van der Waals surface area contributed by atoms with Crippen molar-refractivity contribution >= 4 is 26.3 Å². The van der Waals surface area contributed by atoms with Crippen LogP contribution in [0, 0.1) is 0 Å². The molecule has 11 nitrogen and oxygen atoms in total. The van der Waals surface area contributed by atoms with Gasteiger partial charge in [0.15, 0.2) is 0 Å². The number of hydrogen-bond acceptors (Lipinski definition) is 9.